The van der Waals surface area contributed by atoms with Crippen LogP contribution >= 0.6 is 31.9 Å². The summed E-state index contributed by atoms with van der Waals surface area (Å²) in [4.78, 5) is 28.5. The van der Waals surface area contributed by atoms with Gasteiger partial charge in [-0.1, -0.05) is 44.0 Å². The van der Waals surface area contributed by atoms with Gasteiger partial charge in [0.25, 0.3) is 5.56 Å². The molecule has 0 saturated heterocycles. The zero-order chi connectivity index (χ0) is 24.4. The molecule has 0 fully saturated rings. The van der Waals surface area contributed by atoms with Gasteiger partial charge in [-0.15, -0.1) is 0 Å². The van der Waals surface area contributed by atoms with Crippen molar-refractivity contribution in [2.24, 2.45) is 5.10 Å². The molecular formula is C23H15Br2FN4O4. The Hall–Kier alpha value is -3.44. The van der Waals surface area contributed by atoms with Crippen molar-refractivity contribution in [3.63, 3.8) is 0 Å². The summed E-state index contributed by atoms with van der Waals surface area (Å²) >= 11 is 6.60. The number of aromatic nitrogens is 2. The number of ether oxygens (including phenoxy) is 1. The van der Waals surface area contributed by atoms with Crippen molar-refractivity contribution < 1.29 is 14.1 Å². The maximum atomic E-state index is 13.5. The zero-order valence-corrected chi connectivity index (χ0v) is 20.7. The van der Waals surface area contributed by atoms with Gasteiger partial charge in [0.2, 0.25) is 5.75 Å². The molecule has 3 aromatic carbocycles. The Bertz CT molecular complexity index is 1520. The first-order chi connectivity index (χ1) is 16.2. The van der Waals surface area contributed by atoms with Gasteiger partial charge in [0.1, 0.15) is 18.2 Å². The van der Waals surface area contributed by atoms with Gasteiger partial charge in [-0.05, 0) is 48.9 Å². The minimum absolute atomic E-state index is 0.0663. The average Bonchev–Trinajstić information content (AvgIpc) is 2.78. The monoisotopic (exact) mass is 588 g/mol. The number of aryl methyl sites for hydroxylation is 1. The molecule has 1 aromatic heterocycles. The molecular weight excluding hydrogens is 575 g/mol. The molecule has 0 unspecified atom stereocenters. The second kappa shape index (κ2) is 9.82. The van der Waals surface area contributed by atoms with Crippen LogP contribution in [0.1, 0.15) is 17.0 Å². The molecule has 4 aromatic rings. The molecule has 8 nitrogen and oxygen atoms in total. The number of halogens is 3. The van der Waals surface area contributed by atoms with E-state index in [4.69, 9.17) is 4.74 Å². The molecule has 0 aliphatic heterocycles. The van der Waals surface area contributed by atoms with Crippen LogP contribution in [0.25, 0.3) is 10.9 Å². The summed E-state index contributed by atoms with van der Waals surface area (Å²) in [6.45, 7) is 1.52. The first kappa shape index (κ1) is 23.7. The molecule has 4 rings (SSSR count). The third-order valence-corrected chi connectivity index (χ3v) is 5.77. The molecule has 0 aliphatic carbocycles. The minimum atomic E-state index is -0.588. The molecule has 0 radical (unpaired) electrons. The summed E-state index contributed by atoms with van der Waals surface area (Å²) in [5, 5.41) is 16.3. The number of benzene rings is 3. The topological polar surface area (TPSA) is 99.6 Å². The van der Waals surface area contributed by atoms with Crippen LogP contribution in [0.3, 0.4) is 0 Å². The van der Waals surface area contributed by atoms with Crippen LogP contribution in [-0.4, -0.2) is 20.8 Å². The lowest BCUT2D eigenvalue weighted by Gasteiger charge is -2.11. The Kier molecular flexibility index (Phi) is 6.85. The van der Waals surface area contributed by atoms with Gasteiger partial charge in [0.15, 0.2) is 0 Å². The van der Waals surface area contributed by atoms with Crippen molar-refractivity contribution in [1.82, 2.24) is 9.66 Å². The van der Waals surface area contributed by atoms with Crippen molar-refractivity contribution in [2.75, 3.05) is 0 Å². The van der Waals surface area contributed by atoms with E-state index in [9.17, 15) is 19.3 Å². The third-order valence-electron chi connectivity index (χ3n) is 4.81. The lowest BCUT2D eigenvalue weighted by Crippen LogP contribution is -2.20. The van der Waals surface area contributed by atoms with Crippen LogP contribution in [0.2, 0.25) is 0 Å². The van der Waals surface area contributed by atoms with Crippen molar-refractivity contribution in [2.45, 2.75) is 13.5 Å². The van der Waals surface area contributed by atoms with Crippen LogP contribution in [-0.2, 0) is 6.61 Å². The lowest BCUT2D eigenvalue weighted by atomic mass is 10.2. The number of nitro benzene ring substituents is 1. The van der Waals surface area contributed by atoms with Gasteiger partial charge in [0, 0.05) is 20.6 Å². The second-order valence-corrected chi connectivity index (χ2v) is 9.03. The van der Waals surface area contributed by atoms with E-state index in [1.165, 1.54) is 30.5 Å². The molecule has 1 heterocycles. The van der Waals surface area contributed by atoms with Gasteiger partial charge in [0.05, 0.1) is 22.0 Å². The highest BCUT2D eigenvalue weighted by atomic mass is 79.9. The Morgan fingerprint density at radius 3 is 2.71 bits per heavy atom. The van der Waals surface area contributed by atoms with Crippen molar-refractivity contribution in [3.05, 3.63) is 107 Å². The van der Waals surface area contributed by atoms with Crippen molar-refractivity contribution in [3.8, 4) is 5.75 Å². The fraction of sp³-hybridized carbons (Fsp3) is 0.0870. The Balaban J connectivity index is 1.78. The molecule has 172 valence electrons. The van der Waals surface area contributed by atoms with E-state index in [1.807, 2.05) is 0 Å². The summed E-state index contributed by atoms with van der Waals surface area (Å²) < 4.78 is 21.5. The first-order valence-electron chi connectivity index (χ1n) is 9.81. The number of hydrogen-bond donors (Lipinski definition) is 0. The number of rotatable bonds is 6. The fourth-order valence-corrected chi connectivity index (χ4v) is 4.11. The van der Waals surface area contributed by atoms with E-state index < -0.39 is 16.3 Å². The number of fused-ring (bicyclic) bond motifs is 1. The quantitative estimate of drug-likeness (QED) is 0.162. The van der Waals surface area contributed by atoms with Crippen molar-refractivity contribution in [1.29, 1.82) is 0 Å². The SMILES string of the molecule is Cc1nc2ccc(Br)cc2c(=O)n1N=Cc1cc(Br)cc([N+](=O)[O-])c1OCc1cccc(F)c1. The molecule has 0 saturated carbocycles. The standard InChI is InChI=1S/C23H15Br2FN4O4/c1-13-28-20-6-5-16(24)9-19(20)23(31)29(13)27-11-15-8-17(25)10-21(30(32)33)22(15)34-12-14-3-2-4-18(26)7-14/h2-11H,12H2,1H3. The van der Waals surface area contributed by atoms with Gasteiger partial charge in [-0.25, -0.2) is 9.37 Å². The lowest BCUT2D eigenvalue weighted by molar-refractivity contribution is -0.386. The fourth-order valence-electron chi connectivity index (χ4n) is 3.29. The largest absolute Gasteiger partial charge is 0.481 e. The molecule has 0 amide bonds. The van der Waals surface area contributed by atoms with Gasteiger partial charge in [-0.2, -0.15) is 9.78 Å². The molecule has 0 aliphatic rings. The summed E-state index contributed by atoms with van der Waals surface area (Å²) in [7, 11) is 0. The first-order valence-corrected chi connectivity index (χ1v) is 11.4. The average molecular weight is 590 g/mol. The summed E-state index contributed by atoms with van der Waals surface area (Å²) in [5.74, 6) is -0.176. The third kappa shape index (κ3) is 5.05. The summed E-state index contributed by atoms with van der Waals surface area (Å²) in [5.41, 5.74) is 0.563. The predicted octanol–water partition coefficient (Wildman–Crippen LogP) is 5.74. The Morgan fingerprint density at radius 2 is 1.97 bits per heavy atom. The van der Waals surface area contributed by atoms with Crippen molar-refractivity contribution >= 4 is 54.7 Å². The smallest absolute Gasteiger partial charge is 0.312 e. The molecule has 0 atom stereocenters. The highest BCUT2D eigenvalue weighted by Gasteiger charge is 2.21. The highest BCUT2D eigenvalue weighted by molar-refractivity contribution is 9.10. The van der Waals surface area contributed by atoms with Crippen LogP contribution in [0.5, 0.6) is 5.75 Å². The van der Waals surface area contributed by atoms with Gasteiger partial charge in [-0.3, -0.25) is 14.9 Å². The van der Waals surface area contributed by atoms with Crippen LogP contribution < -0.4 is 10.3 Å². The molecule has 0 bridgehead atoms. The van der Waals surface area contributed by atoms with E-state index in [0.29, 0.717) is 31.2 Å². The number of hydrogen-bond acceptors (Lipinski definition) is 6. The second-order valence-electron chi connectivity index (χ2n) is 7.20. The maximum Gasteiger partial charge on any atom is 0.312 e. The van der Waals surface area contributed by atoms with Crippen LogP contribution in [0, 0.1) is 22.9 Å². The van der Waals surface area contributed by atoms with E-state index in [2.05, 4.69) is 41.9 Å². The number of nitrogens with zero attached hydrogens (tertiary/aromatic N) is 4. The Labute approximate surface area is 209 Å². The van der Waals surface area contributed by atoms with Gasteiger partial charge < -0.3 is 4.74 Å². The zero-order valence-electron chi connectivity index (χ0n) is 17.5. The van der Waals surface area contributed by atoms with E-state index in [0.717, 1.165) is 4.68 Å². The number of nitro groups is 1. The van der Waals surface area contributed by atoms with E-state index in [-0.39, 0.29) is 23.6 Å². The van der Waals surface area contributed by atoms with Crippen LogP contribution in [0.4, 0.5) is 10.1 Å². The molecule has 34 heavy (non-hydrogen) atoms. The van der Waals surface area contributed by atoms with E-state index >= 15 is 0 Å². The summed E-state index contributed by atoms with van der Waals surface area (Å²) in [6.07, 6.45) is 1.29. The van der Waals surface area contributed by atoms with E-state index in [1.54, 1.807) is 37.3 Å². The molecule has 11 heteroatoms. The normalized spacial score (nSPS) is 11.3. The maximum absolute atomic E-state index is 13.5. The van der Waals surface area contributed by atoms with Crippen LogP contribution in [0.15, 0.2) is 73.4 Å². The molecule has 0 spiro atoms. The minimum Gasteiger partial charge on any atom is -0.481 e. The predicted molar refractivity (Wildman–Crippen MR) is 133 cm³/mol. The Morgan fingerprint density at radius 1 is 1.18 bits per heavy atom. The highest BCUT2D eigenvalue weighted by Crippen LogP contribution is 2.34. The summed E-state index contributed by atoms with van der Waals surface area (Å²) in [6, 6.07) is 13.7. The molecule has 0 N–H and O–H groups in total. The van der Waals surface area contributed by atoms with Gasteiger partial charge >= 0.3 is 5.69 Å².